The summed E-state index contributed by atoms with van der Waals surface area (Å²) in [6, 6.07) is 3.69. The van der Waals surface area contributed by atoms with Gasteiger partial charge in [-0.3, -0.25) is 0 Å². The van der Waals surface area contributed by atoms with Crippen molar-refractivity contribution >= 4 is 21.7 Å². The minimum Gasteiger partial charge on any atom is -0.465 e. The van der Waals surface area contributed by atoms with Gasteiger partial charge in [0.15, 0.2) is 0 Å². The van der Waals surface area contributed by atoms with E-state index in [-0.39, 0.29) is 22.7 Å². The number of halogens is 1. The number of nitrogens with one attached hydrogen (secondary N) is 1. The summed E-state index contributed by atoms with van der Waals surface area (Å²) < 4.78 is 42.1. The molecule has 1 aromatic rings. The molecule has 0 aliphatic rings. The Kier molecular flexibility index (Phi) is 4.62. The van der Waals surface area contributed by atoms with E-state index in [1.807, 2.05) is 4.72 Å². The van der Waals surface area contributed by atoms with Crippen LogP contribution in [0, 0.1) is 0 Å². The van der Waals surface area contributed by atoms with E-state index in [1.54, 1.807) is 0 Å². The van der Waals surface area contributed by atoms with Crippen molar-refractivity contribution in [1.82, 2.24) is 4.72 Å². The predicted octanol–water partition coefficient (Wildman–Crippen LogP) is 0.303. The van der Waals surface area contributed by atoms with Gasteiger partial charge in [-0.25, -0.2) is 22.3 Å². The molecule has 0 bridgehead atoms. The van der Waals surface area contributed by atoms with E-state index in [9.17, 15) is 17.6 Å². The first-order valence-electron chi connectivity index (χ1n) is 4.96. The van der Waals surface area contributed by atoms with Crippen LogP contribution < -0.4 is 10.5 Å². The lowest BCUT2D eigenvalue weighted by Gasteiger charge is -2.10. The van der Waals surface area contributed by atoms with Gasteiger partial charge in [-0.15, -0.1) is 0 Å². The van der Waals surface area contributed by atoms with E-state index in [1.165, 1.54) is 18.2 Å². The van der Waals surface area contributed by atoms with Gasteiger partial charge in [0.1, 0.15) is 6.67 Å². The molecule has 0 unspecified atom stereocenters. The van der Waals surface area contributed by atoms with E-state index >= 15 is 0 Å². The van der Waals surface area contributed by atoms with E-state index in [4.69, 9.17) is 5.73 Å². The number of carbonyl (C=O) groups is 1. The highest BCUT2D eigenvalue weighted by Gasteiger charge is 2.22. The van der Waals surface area contributed by atoms with Crippen LogP contribution in [0.1, 0.15) is 10.4 Å². The normalized spacial score (nSPS) is 11.2. The number of alkyl halides is 1. The number of carbonyl (C=O) groups excluding carboxylic acids is 1. The number of rotatable bonds is 5. The van der Waals surface area contributed by atoms with Crippen LogP contribution in [0.2, 0.25) is 0 Å². The molecular formula is C10H13FN2O4S. The molecule has 0 spiro atoms. The zero-order chi connectivity index (χ0) is 13.8. The van der Waals surface area contributed by atoms with Gasteiger partial charge < -0.3 is 10.5 Å². The molecule has 1 aromatic carbocycles. The van der Waals surface area contributed by atoms with Gasteiger partial charge in [-0.05, 0) is 18.2 Å². The average Bonchev–Trinajstić information content (AvgIpc) is 2.35. The highest BCUT2D eigenvalue weighted by atomic mass is 32.2. The third-order valence-corrected chi connectivity index (χ3v) is 3.60. The van der Waals surface area contributed by atoms with E-state index in [2.05, 4.69) is 4.74 Å². The van der Waals surface area contributed by atoms with Gasteiger partial charge in [0.2, 0.25) is 10.0 Å². The van der Waals surface area contributed by atoms with Crippen molar-refractivity contribution in [3.63, 3.8) is 0 Å². The maximum Gasteiger partial charge on any atom is 0.339 e. The molecule has 18 heavy (non-hydrogen) atoms. The van der Waals surface area contributed by atoms with Gasteiger partial charge in [0.25, 0.3) is 0 Å². The Morgan fingerprint density at radius 2 is 2.17 bits per heavy atom. The number of nitrogens with two attached hydrogens (primary N) is 1. The lowest BCUT2D eigenvalue weighted by molar-refractivity contribution is 0.0596. The Bertz CT molecular complexity index is 545. The van der Waals surface area contributed by atoms with Crippen LogP contribution in [0.5, 0.6) is 0 Å². The summed E-state index contributed by atoms with van der Waals surface area (Å²) in [5, 5.41) is 0. The smallest absolute Gasteiger partial charge is 0.339 e. The predicted molar refractivity (Wildman–Crippen MR) is 63.4 cm³/mol. The summed E-state index contributed by atoms with van der Waals surface area (Å²) in [4.78, 5) is 11.2. The van der Waals surface area contributed by atoms with Crippen molar-refractivity contribution in [1.29, 1.82) is 0 Å². The molecule has 0 aliphatic heterocycles. The lowest BCUT2D eigenvalue weighted by Crippen LogP contribution is -2.27. The Labute approximate surface area is 104 Å². The van der Waals surface area contributed by atoms with Gasteiger partial charge in [-0.2, -0.15) is 0 Å². The molecule has 0 radical (unpaired) electrons. The molecule has 3 N–H and O–H groups in total. The van der Waals surface area contributed by atoms with Crippen molar-refractivity contribution in [2.45, 2.75) is 4.90 Å². The molecule has 100 valence electrons. The molecule has 0 heterocycles. The molecule has 0 saturated carbocycles. The summed E-state index contributed by atoms with van der Waals surface area (Å²) in [7, 11) is -2.85. The van der Waals surface area contributed by atoms with Crippen molar-refractivity contribution in [3.05, 3.63) is 23.8 Å². The standard InChI is InChI=1S/C10H13FN2O4S/c1-17-10(14)8-6-7(12)2-3-9(8)18(15,16)13-5-4-11/h2-3,6,13H,4-5,12H2,1H3. The minimum absolute atomic E-state index is 0.191. The molecule has 0 amide bonds. The number of hydrogen-bond acceptors (Lipinski definition) is 5. The number of nitrogen functional groups attached to an aromatic ring is 1. The minimum atomic E-state index is -3.97. The van der Waals surface area contributed by atoms with Crippen molar-refractivity contribution in [3.8, 4) is 0 Å². The van der Waals surface area contributed by atoms with Gasteiger partial charge >= 0.3 is 5.97 Å². The fourth-order valence-electron chi connectivity index (χ4n) is 1.30. The molecule has 8 heteroatoms. The number of sulfonamides is 1. The summed E-state index contributed by atoms with van der Waals surface area (Å²) in [6.07, 6.45) is 0. The third-order valence-electron chi connectivity index (χ3n) is 2.09. The second-order valence-corrected chi connectivity index (χ2v) is 5.07. The quantitative estimate of drug-likeness (QED) is 0.595. The number of anilines is 1. The first-order valence-corrected chi connectivity index (χ1v) is 6.44. The summed E-state index contributed by atoms with van der Waals surface area (Å²) >= 11 is 0. The van der Waals surface area contributed by atoms with Crippen LogP contribution in [0.4, 0.5) is 10.1 Å². The SMILES string of the molecule is COC(=O)c1cc(N)ccc1S(=O)(=O)NCCF. The van der Waals surface area contributed by atoms with Crippen LogP contribution in [0.25, 0.3) is 0 Å². The lowest BCUT2D eigenvalue weighted by atomic mass is 10.2. The van der Waals surface area contributed by atoms with Crippen molar-refractivity contribution in [2.75, 3.05) is 26.1 Å². The maximum atomic E-state index is 12.0. The van der Waals surface area contributed by atoms with Crippen molar-refractivity contribution in [2.24, 2.45) is 0 Å². The van der Waals surface area contributed by atoms with Crippen LogP contribution in [0.15, 0.2) is 23.1 Å². The molecule has 0 aromatic heterocycles. The number of esters is 1. The highest BCUT2D eigenvalue weighted by molar-refractivity contribution is 7.89. The second kappa shape index (κ2) is 5.78. The number of benzene rings is 1. The summed E-state index contributed by atoms with van der Waals surface area (Å²) in [5.74, 6) is -0.831. The van der Waals surface area contributed by atoms with E-state index in [0.717, 1.165) is 7.11 Å². The summed E-state index contributed by atoms with van der Waals surface area (Å²) in [5.41, 5.74) is 5.51. The molecule has 1 rings (SSSR count). The highest BCUT2D eigenvalue weighted by Crippen LogP contribution is 2.19. The maximum absolute atomic E-state index is 12.0. The molecule has 0 saturated heterocycles. The number of hydrogen-bond donors (Lipinski definition) is 2. The second-order valence-electron chi connectivity index (χ2n) is 3.33. The summed E-state index contributed by atoms with van der Waals surface area (Å²) in [6.45, 7) is -1.21. The van der Waals surface area contributed by atoms with Crippen LogP contribution in [-0.2, 0) is 14.8 Å². The first-order chi connectivity index (χ1) is 8.42. The first kappa shape index (κ1) is 14.4. The van der Waals surface area contributed by atoms with Crippen LogP contribution in [0.3, 0.4) is 0 Å². The Hall–Kier alpha value is -1.67. The topological polar surface area (TPSA) is 98.5 Å². The molecular weight excluding hydrogens is 263 g/mol. The molecule has 0 fully saturated rings. The fraction of sp³-hybridized carbons (Fsp3) is 0.300. The van der Waals surface area contributed by atoms with Gasteiger partial charge in [-0.1, -0.05) is 0 Å². The monoisotopic (exact) mass is 276 g/mol. The van der Waals surface area contributed by atoms with Crippen LogP contribution in [-0.4, -0.2) is 34.7 Å². The van der Waals surface area contributed by atoms with Crippen molar-refractivity contribution < 1.29 is 22.3 Å². The number of methoxy groups -OCH3 is 1. The molecule has 0 aliphatic carbocycles. The van der Waals surface area contributed by atoms with Gasteiger partial charge in [0.05, 0.1) is 17.6 Å². The molecule has 6 nitrogen and oxygen atoms in total. The zero-order valence-electron chi connectivity index (χ0n) is 9.64. The Balaban J connectivity index is 3.27. The zero-order valence-corrected chi connectivity index (χ0v) is 10.5. The van der Waals surface area contributed by atoms with E-state index < -0.39 is 22.7 Å². The Morgan fingerprint density at radius 3 is 2.72 bits per heavy atom. The number of ether oxygens (including phenoxy) is 1. The van der Waals surface area contributed by atoms with Gasteiger partial charge in [0, 0.05) is 12.2 Å². The Morgan fingerprint density at radius 1 is 1.50 bits per heavy atom. The average molecular weight is 276 g/mol. The molecule has 0 atom stereocenters. The third kappa shape index (κ3) is 3.17. The van der Waals surface area contributed by atoms with Crippen LogP contribution >= 0.6 is 0 Å². The fourth-order valence-corrected chi connectivity index (χ4v) is 2.48. The largest absolute Gasteiger partial charge is 0.465 e. The van der Waals surface area contributed by atoms with E-state index in [0.29, 0.717) is 0 Å².